The van der Waals surface area contributed by atoms with Crippen molar-refractivity contribution >= 4 is 11.3 Å². The van der Waals surface area contributed by atoms with Crippen LogP contribution in [0.1, 0.15) is 23.2 Å². The Bertz CT molecular complexity index is 747. The number of fused-ring (bicyclic) bond motifs is 1. The van der Waals surface area contributed by atoms with Crippen molar-refractivity contribution in [3.8, 4) is 5.75 Å². The molecule has 0 fully saturated rings. The van der Waals surface area contributed by atoms with Gasteiger partial charge in [-0.15, -0.1) is 0 Å². The topological polar surface area (TPSA) is 70.2 Å². The zero-order valence-electron chi connectivity index (χ0n) is 11.9. The third-order valence-electron chi connectivity index (χ3n) is 3.66. The third kappa shape index (κ3) is 2.18. The Balaban J connectivity index is 2.19. The van der Waals surface area contributed by atoms with Crippen molar-refractivity contribution in [1.82, 2.24) is 9.55 Å². The predicted octanol–water partition coefficient (Wildman–Crippen LogP) is 2.71. The molecular formula is C15H15N3O3. The smallest absolute Gasteiger partial charge is 0.314 e. The minimum absolute atomic E-state index is 0.0662. The number of nitro benzene ring substituents is 1. The third-order valence-corrected chi connectivity index (χ3v) is 3.66. The van der Waals surface area contributed by atoms with Crippen molar-refractivity contribution in [3.63, 3.8) is 0 Å². The number of nitro groups is 1. The number of imidazole rings is 1. The summed E-state index contributed by atoms with van der Waals surface area (Å²) in [7, 11) is 3.35. The van der Waals surface area contributed by atoms with Crippen LogP contribution in [0.5, 0.6) is 5.75 Å². The summed E-state index contributed by atoms with van der Waals surface area (Å²) in [5.74, 6) is 0.307. The second kappa shape index (κ2) is 5.05. The van der Waals surface area contributed by atoms with E-state index in [0.29, 0.717) is 12.2 Å². The highest BCUT2D eigenvalue weighted by Crippen LogP contribution is 2.40. The molecule has 0 aliphatic heterocycles. The van der Waals surface area contributed by atoms with Gasteiger partial charge in [-0.05, 0) is 30.5 Å². The Morgan fingerprint density at radius 3 is 2.86 bits per heavy atom. The van der Waals surface area contributed by atoms with Crippen LogP contribution >= 0.6 is 0 Å². The Morgan fingerprint density at radius 1 is 1.43 bits per heavy atom. The van der Waals surface area contributed by atoms with Gasteiger partial charge in [0.15, 0.2) is 5.75 Å². The summed E-state index contributed by atoms with van der Waals surface area (Å²) >= 11 is 0. The number of aryl methyl sites for hydroxylation is 1. The van der Waals surface area contributed by atoms with Gasteiger partial charge in [0.1, 0.15) is 0 Å². The van der Waals surface area contributed by atoms with Crippen LogP contribution in [0, 0.1) is 10.1 Å². The van der Waals surface area contributed by atoms with Crippen molar-refractivity contribution in [3.05, 3.63) is 57.7 Å². The average Bonchev–Trinajstić information content (AvgIpc) is 2.91. The van der Waals surface area contributed by atoms with Gasteiger partial charge >= 0.3 is 5.69 Å². The molecule has 0 unspecified atom stereocenters. The monoisotopic (exact) mass is 285 g/mol. The fourth-order valence-corrected chi connectivity index (χ4v) is 2.75. The fourth-order valence-electron chi connectivity index (χ4n) is 2.75. The largest absolute Gasteiger partial charge is 0.490 e. The van der Waals surface area contributed by atoms with E-state index in [0.717, 1.165) is 28.8 Å². The molecule has 1 aromatic carbocycles. The van der Waals surface area contributed by atoms with E-state index in [9.17, 15) is 10.1 Å². The lowest BCUT2D eigenvalue weighted by atomic mass is 9.88. The SMILES string of the molecule is COc1ccc2c(c1[N+](=O)[O-])CCC=C2c1cn(C)cn1. The van der Waals surface area contributed by atoms with Crippen LogP contribution in [0.4, 0.5) is 5.69 Å². The Hall–Kier alpha value is -2.63. The molecule has 0 saturated carbocycles. The van der Waals surface area contributed by atoms with E-state index in [4.69, 9.17) is 4.74 Å². The van der Waals surface area contributed by atoms with E-state index in [1.807, 2.05) is 23.9 Å². The molecular weight excluding hydrogens is 270 g/mol. The highest BCUT2D eigenvalue weighted by Gasteiger charge is 2.27. The second-order valence-corrected chi connectivity index (χ2v) is 4.98. The van der Waals surface area contributed by atoms with Gasteiger partial charge in [0.2, 0.25) is 0 Å². The first kappa shape index (κ1) is 13.4. The number of allylic oxidation sites excluding steroid dienone is 1. The molecule has 0 N–H and O–H groups in total. The second-order valence-electron chi connectivity index (χ2n) is 4.98. The molecule has 1 aromatic heterocycles. The maximum Gasteiger partial charge on any atom is 0.314 e. The number of hydrogen-bond donors (Lipinski definition) is 0. The summed E-state index contributed by atoms with van der Waals surface area (Å²) in [5, 5.41) is 11.4. The molecule has 6 heteroatoms. The minimum Gasteiger partial charge on any atom is -0.490 e. The summed E-state index contributed by atoms with van der Waals surface area (Å²) in [6.07, 6.45) is 7.12. The summed E-state index contributed by atoms with van der Waals surface area (Å²) in [6, 6.07) is 3.53. The highest BCUT2D eigenvalue weighted by molar-refractivity contribution is 5.83. The van der Waals surface area contributed by atoms with E-state index in [-0.39, 0.29) is 10.6 Å². The Labute approximate surface area is 121 Å². The molecule has 108 valence electrons. The van der Waals surface area contributed by atoms with Gasteiger partial charge in [-0.25, -0.2) is 4.98 Å². The summed E-state index contributed by atoms with van der Waals surface area (Å²) < 4.78 is 7.00. The molecule has 1 heterocycles. The van der Waals surface area contributed by atoms with Gasteiger partial charge in [-0.3, -0.25) is 10.1 Å². The maximum atomic E-state index is 11.4. The van der Waals surface area contributed by atoms with Crippen molar-refractivity contribution in [2.45, 2.75) is 12.8 Å². The van der Waals surface area contributed by atoms with Gasteiger partial charge in [0.25, 0.3) is 0 Å². The van der Waals surface area contributed by atoms with Crippen LogP contribution in [0.15, 0.2) is 30.7 Å². The van der Waals surface area contributed by atoms with Crippen LogP contribution in [0.2, 0.25) is 0 Å². The Morgan fingerprint density at radius 2 is 2.24 bits per heavy atom. The van der Waals surface area contributed by atoms with Crippen LogP contribution in [-0.2, 0) is 13.5 Å². The molecule has 0 atom stereocenters. The van der Waals surface area contributed by atoms with Crippen molar-refractivity contribution < 1.29 is 9.66 Å². The van der Waals surface area contributed by atoms with Crippen molar-refractivity contribution in [1.29, 1.82) is 0 Å². The minimum atomic E-state index is -0.362. The molecule has 3 rings (SSSR count). The summed E-state index contributed by atoms with van der Waals surface area (Å²) in [6.45, 7) is 0. The van der Waals surface area contributed by atoms with E-state index < -0.39 is 0 Å². The molecule has 0 radical (unpaired) electrons. The van der Waals surface area contributed by atoms with Gasteiger partial charge in [0, 0.05) is 24.4 Å². The van der Waals surface area contributed by atoms with Crippen LogP contribution in [-0.4, -0.2) is 21.6 Å². The molecule has 0 amide bonds. The number of ether oxygens (including phenoxy) is 1. The van der Waals surface area contributed by atoms with Gasteiger partial charge in [-0.2, -0.15) is 0 Å². The molecule has 2 aromatic rings. The number of benzene rings is 1. The first-order chi connectivity index (χ1) is 10.1. The first-order valence-electron chi connectivity index (χ1n) is 6.65. The maximum absolute atomic E-state index is 11.4. The molecule has 0 saturated heterocycles. The van der Waals surface area contributed by atoms with Crippen LogP contribution < -0.4 is 4.74 Å². The van der Waals surface area contributed by atoms with E-state index in [2.05, 4.69) is 11.1 Å². The zero-order chi connectivity index (χ0) is 15.0. The van der Waals surface area contributed by atoms with Gasteiger partial charge < -0.3 is 9.30 Å². The number of methoxy groups -OCH3 is 1. The average molecular weight is 285 g/mol. The summed E-state index contributed by atoms with van der Waals surface area (Å²) in [4.78, 5) is 15.4. The predicted molar refractivity (Wildman–Crippen MR) is 78.3 cm³/mol. The van der Waals surface area contributed by atoms with Crippen LogP contribution in [0.25, 0.3) is 5.57 Å². The summed E-state index contributed by atoms with van der Waals surface area (Å²) in [5.41, 5.74) is 3.44. The molecule has 21 heavy (non-hydrogen) atoms. The highest BCUT2D eigenvalue weighted by atomic mass is 16.6. The van der Waals surface area contributed by atoms with E-state index in [1.54, 1.807) is 12.4 Å². The molecule has 6 nitrogen and oxygen atoms in total. The lowest BCUT2D eigenvalue weighted by Crippen LogP contribution is -2.07. The van der Waals surface area contributed by atoms with E-state index >= 15 is 0 Å². The molecule has 1 aliphatic rings. The first-order valence-corrected chi connectivity index (χ1v) is 6.65. The molecule has 1 aliphatic carbocycles. The van der Waals surface area contributed by atoms with Crippen molar-refractivity contribution in [2.75, 3.05) is 7.11 Å². The standard InChI is InChI=1S/C15H15N3O3/c1-17-8-13(16-9-17)11-4-3-5-12-10(11)6-7-14(21-2)15(12)18(19)20/h4,6-9H,3,5H2,1-2H3. The lowest BCUT2D eigenvalue weighted by molar-refractivity contribution is -0.386. The van der Waals surface area contributed by atoms with Crippen molar-refractivity contribution in [2.24, 2.45) is 7.05 Å². The van der Waals surface area contributed by atoms with Gasteiger partial charge in [0.05, 0.1) is 24.1 Å². The van der Waals surface area contributed by atoms with E-state index in [1.165, 1.54) is 7.11 Å². The van der Waals surface area contributed by atoms with Gasteiger partial charge in [-0.1, -0.05) is 6.08 Å². The lowest BCUT2D eigenvalue weighted by Gasteiger charge is -2.17. The zero-order valence-corrected chi connectivity index (χ0v) is 11.9. The van der Waals surface area contributed by atoms with Crippen LogP contribution in [0.3, 0.4) is 0 Å². The number of hydrogen-bond acceptors (Lipinski definition) is 4. The normalized spacial score (nSPS) is 13.5. The number of rotatable bonds is 3. The molecule has 0 bridgehead atoms. The quantitative estimate of drug-likeness (QED) is 0.642. The molecule has 0 spiro atoms. The Kier molecular flexibility index (Phi) is 3.21. The fraction of sp³-hybridized carbons (Fsp3) is 0.267. The number of aromatic nitrogens is 2. The number of nitrogens with zero attached hydrogens (tertiary/aromatic N) is 3.